The van der Waals surface area contributed by atoms with E-state index < -0.39 is 0 Å². The number of terminal acetylenes is 1. The Bertz CT molecular complexity index is 1000. The lowest BCUT2D eigenvalue weighted by Crippen LogP contribution is -2.16. The van der Waals surface area contributed by atoms with Crippen molar-refractivity contribution in [2.24, 2.45) is 12.0 Å². The zero-order valence-corrected chi connectivity index (χ0v) is 15.0. The normalized spacial score (nSPS) is 11.8. The smallest absolute Gasteiger partial charge is 0.300 e. The highest BCUT2D eigenvalue weighted by Gasteiger charge is 2.12. The van der Waals surface area contributed by atoms with Crippen LogP contribution in [0.15, 0.2) is 33.7 Å². The summed E-state index contributed by atoms with van der Waals surface area (Å²) in [7, 11) is 1.79. The fraction of sp³-hybridized carbons (Fsp3) is 0.188. The van der Waals surface area contributed by atoms with Gasteiger partial charge in [0.1, 0.15) is 0 Å². The summed E-state index contributed by atoms with van der Waals surface area (Å²) in [6.07, 6.45) is 5.46. The van der Waals surface area contributed by atoms with E-state index in [1.165, 1.54) is 11.3 Å². The number of benzene rings is 1. The maximum Gasteiger partial charge on any atom is 0.300 e. The lowest BCUT2D eigenvalue weighted by molar-refractivity contribution is 0.0992. The van der Waals surface area contributed by atoms with Gasteiger partial charge < -0.3 is 4.57 Å². The number of nitrogens with zero attached hydrogens (tertiary/aromatic N) is 4. The van der Waals surface area contributed by atoms with Gasteiger partial charge in [-0.15, -0.1) is 6.42 Å². The Kier molecular flexibility index (Phi) is 4.20. The van der Waals surface area contributed by atoms with Crippen molar-refractivity contribution in [3.05, 3.63) is 44.9 Å². The van der Waals surface area contributed by atoms with Gasteiger partial charge in [0.05, 0.1) is 16.8 Å². The summed E-state index contributed by atoms with van der Waals surface area (Å²) < 4.78 is 5.50. The Morgan fingerprint density at radius 3 is 2.91 bits per heavy atom. The van der Waals surface area contributed by atoms with Crippen molar-refractivity contribution in [2.45, 2.75) is 13.5 Å². The molecule has 1 amide bonds. The number of carbonyl (C=O) groups excluding carboxylic acids is 1. The minimum atomic E-state index is -0.370. The second-order valence-corrected chi connectivity index (χ2v) is 6.92. The van der Waals surface area contributed by atoms with Crippen LogP contribution in [0.4, 0.5) is 0 Å². The van der Waals surface area contributed by atoms with Crippen molar-refractivity contribution >= 4 is 43.4 Å². The molecule has 0 aliphatic carbocycles. The van der Waals surface area contributed by atoms with E-state index in [9.17, 15) is 4.79 Å². The fourth-order valence-electron chi connectivity index (χ4n) is 2.19. The highest BCUT2D eigenvalue weighted by atomic mass is 79.9. The molecule has 0 unspecified atom stereocenters. The number of aryl methyl sites for hydroxylation is 2. The number of thiazole rings is 1. The van der Waals surface area contributed by atoms with Crippen molar-refractivity contribution in [1.29, 1.82) is 0 Å². The average molecular weight is 389 g/mol. The van der Waals surface area contributed by atoms with Gasteiger partial charge in [0.25, 0.3) is 5.91 Å². The molecule has 0 N–H and O–H groups in total. The summed E-state index contributed by atoms with van der Waals surface area (Å²) in [4.78, 5) is 17.2. The Morgan fingerprint density at radius 1 is 1.48 bits per heavy atom. The molecule has 0 saturated heterocycles. The van der Waals surface area contributed by atoms with Crippen LogP contribution in [0.1, 0.15) is 16.2 Å². The fourth-order valence-corrected chi connectivity index (χ4v) is 3.77. The number of halogens is 1. The topological polar surface area (TPSA) is 52.2 Å². The van der Waals surface area contributed by atoms with Crippen LogP contribution in [0.25, 0.3) is 10.2 Å². The van der Waals surface area contributed by atoms with Crippen LogP contribution in [0, 0.1) is 19.3 Å². The SMILES string of the molecule is C#CCn1c(=NC(=O)c2cc(C)n(C)n2)sc2cc(Br)ccc21. The van der Waals surface area contributed by atoms with Crippen molar-refractivity contribution in [3.63, 3.8) is 0 Å². The van der Waals surface area contributed by atoms with Gasteiger partial charge in [-0.3, -0.25) is 9.48 Å². The molecular formula is C16H13BrN4OS. The number of aromatic nitrogens is 3. The van der Waals surface area contributed by atoms with Gasteiger partial charge >= 0.3 is 0 Å². The Morgan fingerprint density at radius 2 is 2.26 bits per heavy atom. The first-order valence-corrected chi connectivity index (χ1v) is 8.42. The third-order valence-electron chi connectivity index (χ3n) is 3.42. The minimum absolute atomic E-state index is 0.330. The summed E-state index contributed by atoms with van der Waals surface area (Å²) in [5.41, 5.74) is 2.19. The second-order valence-electron chi connectivity index (χ2n) is 5.00. The van der Waals surface area contributed by atoms with Crippen LogP contribution < -0.4 is 4.80 Å². The number of carbonyl (C=O) groups is 1. The second kappa shape index (κ2) is 6.14. The molecule has 2 aromatic heterocycles. The summed E-state index contributed by atoms with van der Waals surface area (Å²) in [6.45, 7) is 2.24. The summed E-state index contributed by atoms with van der Waals surface area (Å²) >= 11 is 4.88. The molecule has 0 aliphatic heterocycles. The van der Waals surface area contributed by atoms with Gasteiger partial charge in [0.2, 0.25) is 0 Å². The largest absolute Gasteiger partial charge is 0.305 e. The standard InChI is InChI=1S/C16H13BrN4OS/c1-4-7-21-13-6-5-11(17)9-14(13)23-16(21)18-15(22)12-8-10(2)20(3)19-12/h1,5-6,8-9H,7H2,2-3H3. The van der Waals surface area contributed by atoms with Crippen molar-refractivity contribution in [3.8, 4) is 12.3 Å². The third-order valence-corrected chi connectivity index (χ3v) is 4.96. The molecule has 0 atom stereocenters. The van der Waals surface area contributed by atoms with Crippen LogP contribution >= 0.6 is 27.3 Å². The molecule has 0 saturated carbocycles. The van der Waals surface area contributed by atoms with E-state index in [1.807, 2.05) is 29.7 Å². The number of hydrogen-bond donors (Lipinski definition) is 0. The van der Waals surface area contributed by atoms with Crippen molar-refractivity contribution < 1.29 is 4.79 Å². The van der Waals surface area contributed by atoms with E-state index in [0.29, 0.717) is 17.0 Å². The van der Waals surface area contributed by atoms with Gasteiger partial charge in [-0.2, -0.15) is 10.1 Å². The van der Waals surface area contributed by atoms with Crippen LogP contribution in [0.3, 0.4) is 0 Å². The average Bonchev–Trinajstić information content (AvgIpc) is 3.00. The van der Waals surface area contributed by atoms with Crippen molar-refractivity contribution in [2.75, 3.05) is 0 Å². The first-order valence-electron chi connectivity index (χ1n) is 6.81. The molecule has 1 aromatic carbocycles. The molecule has 0 spiro atoms. The number of rotatable bonds is 2. The molecule has 5 nitrogen and oxygen atoms in total. The van der Waals surface area contributed by atoms with Gasteiger partial charge in [-0.05, 0) is 31.2 Å². The van der Waals surface area contributed by atoms with E-state index >= 15 is 0 Å². The van der Waals surface area contributed by atoms with E-state index in [2.05, 4.69) is 31.9 Å². The summed E-state index contributed by atoms with van der Waals surface area (Å²) in [5, 5.41) is 4.17. The molecule has 0 radical (unpaired) electrons. The Balaban J connectivity index is 2.16. The molecule has 23 heavy (non-hydrogen) atoms. The predicted molar refractivity (Wildman–Crippen MR) is 94.2 cm³/mol. The minimum Gasteiger partial charge on any atom is -0.305 e. The Hall–Kier alpha value is -2.17. The van der Waals surface area contributed by atoms with E-state index in [0.717, 1.165) is 20.4 Å². The van der Waals surface area contributed by atoms with Gasteiger partial charge in [0, 0.05) is 17.2 Å². The molecule has 0 bridgehead atoms. The molecule has 0 aliphatic rings. The molecular weight excluding hydrogens is 376 g/mol. The van der Waals surface area contributed by atoms with Gasteiger partial charge in [0.15, 0.2) is 10.5 Å². The Labute approximate surface area is 145 Å². The lowest BCUT2D eigenvalue weighted by Gasteiger charge is -1.99. The van der Waals surface area contributed by atoms with Crippen LogP contribution in [0.5, 0.6) is 0 Å². The zero-order chi connectivity index (χ0) is 16.6. The number of hydrogen-bond acceptors (Lipinski definition) is 3. The number of fused-ring (bicyclic) bond motifs is 1. The van der Waals surface area contributed by atoms with E-state index in [1.54, 1.807) is 17.8 Å². The highest BCUT2D eigenvalue weighted by molar-refractivity contribution is 9.10. The molecule has 3 aromatic rings. The van der Waals surface area contributed by atoms with Crippen LogP contribution in [-0.2, 0) is 13.6 Å². The maximum absolute atomic E-state index is 12.4. The molecule has 2 heterocycles. The first kappa shape index (κ1) is 15.7. The highest BCUT2D eigenvalue weighted by Crippen LogP contribution is 2.22. The number of amides is 1. The van der Waals surface area contributed by atoms with Gasteiger partial charge in [-0.25, -0.2) is 0 Å². The maximum atomic E-state index is 12.4. The lowest BCUT2D eigenvalue weighted by atomic mass is 10.3. The third kappa shape index (κ3) is 3.00. The van der Waals surface area contributed by atoms with E-state index in [-0.39, 0.29) is 5.91 Å². The van der Waals surface area contributed by atoms with E-state index in [4.69, 9.17) is 6.42 Å². The zero-order valence-electron chi connectivity index (χ0n) is 12.6. The van der Waals surface area contributed by atoms with Gasteiger partial charge in [-0.1, -0.05) is 33.2 Å². The quantitative estimate of drug-likeness (QED) is 0.633. The predicted octanol–water partition coefficient (Wildman–Crippen LogP) is 2.88. The molecule has 0 fully saturated rings. The first-order chi connectivity index (χ1) is 11.0. The summed E-state index contributed by atoms with van der Waals surface area (Å²) in [6, 6.07) is 7.61. The summed E-state index contributed by atoms with van der Waals surface area (Å²) in [5.74, 6) is 2.24. The molecule has 7 heteroatoms. The van der Waals surface area contributed by atoms with Crippen LogP contribution in [-0.4, -0.2) is 20.3 Å². The van der Waals surface area contributed by atoms with Crippen LogP contribution in [0.2, 0.25) is 0 Å². The molecule has 3 rings (SSSR count). The molecule has 116 valence electrons. The monoisotopic (exact) mass is 388 g/mol. The van der Waals surface area contributed by atoms with Crippen molar-refractivity contribution in [1.82, 2.24) is 14.3 Å².